The van der Waals surface area contributed by atoms with Crippen LogP contribution >= 0.6 is 12.4 Å². The highest BCUT2D eigenvalue weighted by Crippen LogP contribution is 2.22. The topological polar surface area (TPSA) is 46.3 Å². The maximum absolute atomic E-state index is 12.4. The van der Waals surface area contributed by atoms with Gasteiger partial charge in [-0.2, -0.15) is 0 Å². The lowest BCUT2D eigenvalue weighted by Gasteiger charge is -2.33. The van der Waals surface area contributed by atoms with E-state index in [1.807, 2.05) is 37.4 Å². The van der Waals surface area contributed by atoms with Crippen molar-refractivity contribution in [2.24, 2.45) is 11.1 Å². The van der Waals surface area contributed by atoms with Gasteiger partial charge >= 0.3 is 0 Å². The number of nitrogens with zero attached hydrogens (tertiary/aromatic N) is 1. The average Bonchev–Trinajstić information content (AvgIpc) is 2.27. The molecule has 19 heavy (non-hydrogen) atoms. The molecule has 0 aromatic heterocycles. The van der Waals surface area contributed by atoms with E-state index in [4.69, 9.17) is 5.73 Å². The summed E-state index contributed by atoms with van der Waals surface area (Å²) in [4.78, 5) is 14.2. The van der Waals surface area contributed by atoms with E-state index >= 15 is 0 Å². The third-order valence-electron chi connectivity index (χ3n) is 2.88. The maximum Gasteiger partial charge on any atom is 0.246 e. The first kappa shape index (κ1) is 17.9. The minimum absolute atomic E-state index is 0. The molecule has 1 rings (SSSR count). The number of rotatable bonds is 3. The van der Waals surface area contributed by atoms with Crippen LogP contribution < -0.4 is 5.73 Å². The van der Waals surface area contributed by atoms with Crippen molar-refractivity contribution in [1.82, 2.24) is 4.90 Å². The Balaban J connectivity index is 0.00000324. The van der Waals surface area contributed by atoms with Crippen molar-refractivity contribution in [3.8, 4) is 0 Å². The first-order valence-electron chi connectivity index (χ1n) is 6.24. The van der Waals surface area contributed by atoms with Crippen LogP contribution in [0.2, 0.25) is 0 Å². The zero-order chi connectivity index (χ0) is 14.0. The highest BCUT2D eigenvalue weighted by Gasteiger charge is 2.34. The molecule has 1 atom stereocenters. The van der Waals surface area contributed by atoms with Gasteiger partial charge in [-0.3, -0.25) is 4.79 Å². The molecule has 0 fully saturated rings. The van der Waals surface area contributed by atoms with Crippen LogP contribution in [0.4, 0.5) is 0 Å². The Kier molecular flexibility index (Phi) is 6.04. The summed E-state index contributed by atoms with van der Waals surface area (Å²) in [5, 5.41) is 0. The lowest BCUT2D eigenvalue weighted by atomic mass is 9.90. The van der Waals surface area contributed by atoms with Crippen molar-refractivity contribution in [2.45, 2.75) is 33.2 Å². The second-order valence-corrected chi connectivity index (χ2v) is 6.29. The molecule has 1 amide bonds. The van der Waals surface area contributed by atoms with E-state index in [1.54, 1.807) is 11.8 Å². The van der Waals surface area contributed by atoms with Crippen molar-refractivity contribution in [3.63, 3.8) is 0 Å². The number of amides is 1. The summed E-state index contributed by atoms with van der Waals surface area (Å²) in [6, 6.07) is 9.50. The molecule has 0 aliphatic rings. The number of likely N-dealkylation sites (N-methyl/N-ethyl adjacent to an activating group) is 1. The third kappa shape index (κ3) is 4.84. The molecular weight excluding hydrogens is 260 g/mol. The normalized spacial score (nSPS) is 14.2. The molecule has 0 radical (unpaired) electrons. The van der Waals surface area contributed by atoms with E-state index in [0.717, 1.165) is 5.56 Å². The molecule has 108 valence electrons. The van der Waals surface area contributed by atoms with Gasteiger partial charge in [-0.15, -0.1) is 12.4 Å². The van der Waals surface area contributed by atoms with Gasteiger partial charge in [0, 0.05) is 13.6 Å². The summed E-state index contributed by atoms with van der Waals surface area (Å²) in [6.07, 6.45) is 0. The van der Waals surface area contributed by atoms with Gasteiger partial charge in [-0.1, -0.05) is 51.1 Å². The Hall–Kier alpha value is -1.06. The highest BCUT2D eigenvalue weighted by molar-refractivity contribution is 5.87. The van der Waals surface area contributed by atoms with Crippen LogP contribution in [0.15, 0.2) is 30.3 Å². The average molecular weight is 285 g/mol. The minimum Gasteiger partial charge on any atom is -0.343 e. The predicted octanol–water partition coefficient (Wildman–Crippen LogP) is 2.79. The summed E-state index contributed by atoms with van der Waals surface area (Å²) >= 11 is 0. The summed E-state index contributed by atoms with van der Waals surface area (Å²) in [5.74, 6) is -0.0522. The number of nitrogens with two attached hydrogens (primary N) is 1. The van der Waals surface area contributed by atoms with Crippen LogP contribution in [0.25, 0.3) is 0 Å². The third-order valence-corrected chi connectivity index (χ3v) is 2.88. The van der Waals surface area contributed by atoms with Crippen LogP contribution in [-0.4, -0.2) is 24.4 Å². The molecule has 0 heterocycles. The molecule has 4 heteroatoms. The molecule has 1 unspecified atom stereocenters. The van der Waals surface area contributed by atoms with Gasteiger partial charge in [0.25, 0.3) is 0 Å². The summed E-state index contributed by atoms with van der Waals surface area (Å²) in [6.45, 7) is 8.77. The smallest absolute Gasteiger partial charge is 0.246 e. The van der Waals surface area contributed by atoms with E-state index < -0.39 is 5.54 Å². The zero-order valence-corrected chi connectivity index (χ0v) is 13.3. The molecule has 2 N–H and O–H groups in total. The van der Waals surface area contributed by atoms with Crippen molar-refractivity contribution < 1.29 is 4.79 Å². The van der Waals surface area contributed by atoms with Gasteiger partial charge in [0.05, 0.1) is 0 Å². The standard InChI is InChI=1S/C15H24N2O.ClH/c1-14(2,3)11-17(5)13(18)15(4,16)12-9-7-6-8-10-12;/h6-10H,11,16H2,1-5H3;1H. The van der Waals surface area contributed by atoms with E-state index in [2.05, 4.69) is 20.8 Å². The van der Waals surface area contributed by atoms with Crippen molar-refractivity contribution in [1.29, 1.82) is 0 Å². The lowest BCUT2D eigenvalue weighted by Crippen LogP contribution is -2.51. The molecule has 1 aromatic carbocycles. The second kappa shape index (κ2) is 6.40. The van der Waals surface area contributed by atoms with Crippen molar-refractivity contribution >= 4 is 18.3 Å². The molecule has 1 aromatic rings. The number of halogens is 1. The Bertz CT molecular complexity index is 410. The van der Waals surface area contributed by atoms with Crippen molar-refractivity contribution in [2.75, 3.05) is 13.6 Å². The van der Waals surface area contributed by atoms with Gasteiger partial charge in [-0.25, -0.2) is 0 Å². The van der Waals surface area contributed by atoms with Gasteiger partial charge in [0.1, 0.15) is 5.54 Å². The fraction of sp³-hybridized carbons (Fsp3) is 0.533. The number of carbonyl (C=O) groups excluding carboxylic acids is 1. The second-order valence-electron chi connectivity index (χ2n) is 6.29. The number of hydrogen-bond acceptors (Lipinski definition) is 2. The molecule has 0 aliphatic heterocycles. The van der Waals surface area contributed by atoms with Crippen LogP contribution in [-0.2, 0) is 10.3 Å². The molecule has 0 saturated heterocycles. The van der Waals surface area contributed by atoms with Crippen molar-refractivity contribution in [3.05, 3.63) is 35.9 Å². The van der Waals surface area contributed by atoms with E-state index in [0.29, 0.717) is 6.54 Å². The first-order chi connectivity index (χ1) is 8.14. The largest absolute Gasteiger partial charge is 0.343 e. The fourth-order valence-corrected chi connectivity index (χ4v) is 2.09. The Labute approximate surface area is 122 Å². The van der Waals surface area contributed by atoms with Crippen LogP contribution in [0.3, 0.4) is 0 Å². The minimum atomic E-state index is -0.971. The van der Waals surface area contributed by atoms with Gasteiger partial charge in [0.2, 0.25) is 5.91 Å². The van der Waals surface area contributed by atoms with E-state index in [9.17, 15) is 4.79 Å². The molecule has 0 bridgehead atoms. The van der Waals surface area contributed by atoms with Gasteiger partial charge < -0.3 is 10.6 Å². The van der Waals surface area contributed by atoms with Crippen LogP contribution in [0.1, 0.15) is 33.3 Å². The molecular formula is C15H25ClN2O. The number of hydrogen-bond donors (Lipinski definition) is 1. The zero-order valence-electron chi connectivity index (χ0n) is 12.4. The lowest BCUT2D eigenvalue weighted by molar-refractivity contribution is -0.136. The molecule has 3 nitrogen and oxygen atoms in total. The molecule has 0 spiro atoms. The fourth-order valence-electron chi connectivity index (χ4n) is 2.09. The highest BCUT2D eigenvalue weighted by atomic mass is 35.5. The van der Waals surface area contributed by atoms with Gasteiger partial charge in [0.15, 0.2) is 0 Å². The van der Waals surface area contributed by atoms with E-state index in [1.165, 1.54) is 0 Å². The van der Waals surface area contributed by atoms with E-state index in [-0.39, 0.29) is 23.7 Å². The number of carbonyl (C=O) groups is 1. The monoisotopic (exact) mass is 284 g/mol. The summed E-state index contributed by atoms with van der Waals surface area (Å²) < 4.78 is 0. The predicted molar refractivity (Wildman–Crippen MR) is 82.3 cm³/mol. The molecule has 0 saturated carbocycles. The van der Waals surface area contributed by atoms with Gasteiger partial charge in [-0.05, 0) is 17.9 Å². The van der Waals surface area contributed by atoms with Crippen LogP contribution in [0.5, 0.6) is 0 Å². The maximum atomic E-state index is 12.4. The summed E-state index contributed by atoms with van der Waals surface area (Å²) in [5.41, 5.74) is 6.15. The Morgan fingerprint density at radius 3 is 2.05 bits per heavy atom. The molecule has 0 aliphatic carbocycles. The Morgan fingerprint density at radius 1 is 1.16 bits per heavy atom. The SMILES string of the molecule is CN(CC(C)(C)C)C(=O)C(C)(N)c1ccccc1.Cl. The Morgan fingerprint density at radius 2 is 1.63 bits per heavy atom. The first-order valence-corrected chi connectivity index (χ1v) is 6.24. The number of benzene rings is 1. The summed E-state index contributed by atoms with van der Waals surface area (Å²) in [7, 11) is 1.81. The quantitative estimate of drug-likeness (QED) is 0.928. The van der Waals surface area contributed by atoms with Crippen LogP contribution in [0, 0.1) is 5.41 Å².